The first kappa shape index (κ1) is 77.3. The number of aryl methyl sites for hydroxylation is 2. The normalized spacial score (nSPS) is 12.0. The van der Waals surface area contributed by atoms with Gasteiger partial charge in [0, 0.05) is 99.9 Å². The van der Waals surface area contributed by atoms with Crippen molar-refractivity contribution in [1.82, 2.24) is 19.1 Å². The van der Waals surface area contributed by atoms with Gasteiger partial charge < -0.3 is 18.8 Å². The summed E-state index contributed by atoms with van der Waals surface area (Å²) in [4.78, 5) is 14.6. The molecule has 27 rings (SSSR count). The van der Waals surface area contributed by atoms with Gasteiger partial charge in [0.05, 0.1) is 56.9 Å². The van der Waals surface area contributed by atoms with Crippen molar-refractivity contribution in [2.24, 2.45) is 0 Å². The number of anilines is 6. The Bertz CT molecular complexity index is 8710. The van der Waals surface area contributed by atoms with Crippen molar-refractivity contribution < 1.29 is 4.74 Å². The van der Waals surface area contributed by atoms with E-state index in [1.165, 1.54) is 176 Å². The van der Waals surface area contributed by atoms with Gasteiger partial charge in [-0.25, -0.2) is 4.98 Å². The highest BCUT2D eigenvalue weighted by atomic mass is 32.1. The number of hydrogen-bond acceptors (Lipinski definition) is 6. The van der Waals surface area contributed by atoms with Gasteiger partial charge in [0.2, 0.25) is 0 Å². The third-order valence-corrected chi connectivity index (χ3v) is 27.5. The number of para-hydroxylation sites is 6. The molecule has 0 bridgehead atoms. The van der Waals surface area contributed by atoms with Crippen LogP contribution in [-0.2, 0) is 0 Å². The fraction of sp³-hybridized carbons (Fsp3) is 0.0161. The van der Waals surface area contributed by atoms with E-state index in [9.17, 15) is 0 Å². The van der Waals surface area contributed by atoms with E-state index in [0.717, 1.165) is 79.2 Å². The Labute approximate surface area is 768 Å². The molecule has 0 N–H and O–H groups in total. The zero-order chi connectivity index (χ0) is 87.4. The molecule has 5 aromatic heterocycles. The van der Waals surface area contributed by atoms with Gasteiger partial charge in [-0.05, 0) is 240 Å². The first-order valence-corrected chi connectivity index (χ1v) is 45.9. The molecule has 0 unspecified atom stereocenters. The predicted octanol–water partition coefficient (Wildman–Crippen LogP) is 34.5. The van der Waals surface area contributed by atoms with E-state index in [0.29, 0.717) is 0 Å². The topological polar surface area (TPSA) is 51.4 Å². The van der Waals surface area contributed by atoms with E-state index in [-0.39, 0.29) is 0 Å². The molecular formula is C124H82N6OS. The first-order valence-electron chi connectivity index (χ1n) is 45.0. The minimum absolute atomic E-state index is 0.870. The van der Waals surface area contributed by atoms with E-state index in [1.54, 1.807) is 11.3 Å². The molecule has 3 aliphatic rings. The van der Waals surface area contributed by atoms with Gasteiger partial charge in [-0.15, -0.1) is 11.3 Å². The second kappa shape index (κ2) is 32.1. The number of thiophene rings is 1. The SMILES string of the molecule is Cc1cc(C)nc(N2c3ccccc3-c3cc4ccn(-c5cccc6ccccc56)c4cc3-c3ccccc32)c1.c1ccc(-c2c3c(cc4c2ccn4-c2ccccc2)-c2ccccc2N(c2cnc4ccccc4c2)c2ccccc2-3)cc1.c1ccc(-c2ccc(-c3cc4c(c5ccsc35)-c3ccccc3-c3cc(-c5cccc6ccccc56)ccc3O4)c3ccccc23)cc1. The molecule has 0 radical (unpaired) electrons. The molecule has 8 heterocycles. The van der Waals surface area contributed by atoms with E-state index in [2.05, 4.69) is 481 Å². The number of nitrogens with zero attached hydrogens (tertiary/aromatic N) is 6. The molecule has 620 valence electrons. The third-order valence-electron chi connectivity index (χ3n) is 26.6. The van der Waals surface area contributed by atoms with E-state index in [1.807, 2.05) is 12.3 Å². The molecule has 0 atom stereocenters. The molecule has 0 aliphatic carbocycles. The number of aromatic nitrogens is 4. The average molecular weight is 1700 g/mol. The second-order valence-corrected chi connectivity index (χ2v) is 35.2. The summed E-state index contributed by atoms with van der Waals surface area (Å²) in [5.74, 6) is 2.70. The molecule has 0 fully saturated rings. The zero-order valence-electron chi connectivity index (χ0n) is 72.4. The summed E-state index contributed by atoms with van der Waals surface area (Å²) in [7, 11) is 0. The second-order valence-electron chi connectivity index (χ2n) is 34.3. The van der Waals surface area contributed by atoms with Crippen molar-refractivity contribution in [1.29, 1.82) is 0 Å². The molecule has 19 aromatic carbocycles. The van der Waals surface area contributed by atoms with Crippen LogP contribution in [0.25, 0.3) is 198 Å². The van der Waals surface area contributed by atoms with Gasteiger partial charge in [-0.3, -0.25) is 9.88 Å². The van der Waals surface area contributed by atoms with Gasteiger partial charge in [-0.2, -0.15) is 0 Å². The summed E-state index contributed by atoms with van der Waals surface area (Å²) in [6.07, 6.45) is 6.41. The van der Waals surface area contributed by atoms with Gasteiger partial charge in [0.1, 0.15) is 17.3 Å². The number of pyridine rings is 2. The van der Waals surface area contributed by atoms with Crippen LogP contribution < -0.4 is 14.5 Å². The van der Waals surface area contributed by atoms with Crippen LogP contribution in [-0.4, -0.2) is 19.1 Å². The quantitative estimate of drug-likeness (QED) is 0.152. The van der Waals surface area contributed by atoms with Crippen LogP contribution in [0.5, 0.6) is 11.5 Å². The Morgan fingerprint density at radius 2 is 0.795 bits per heavy atom. The van der Waals surface area contributed by atoms with Gasteiger partial charge in [0.25, 0.3) is 0 Å². The van der Waals surface area contributed by atoms with Gasteiger partial charge in [0.15, 0.2) is 0 Å². The fourth-order valence-corrected chi connectivity index (χ4v) is 21.8. The van der Waals surface area contributed by atoms with Crippen molar-refractivity contribution in [3.05, 3.63) is 472 Å². The predicted molar refractivity (Wildman–Crippen MR) is 554 cm³/mol. The molecule has 0 saturated heterocycles. The lowest BCUT2D eigenvalue weighted by Gasteiger charge is -2.27. The van der Waals surface area contributed by atoms with Crippen molar-refractivity contribution in [3.63, 3.8) is 0 Å². The lowest BCUT2D eigenvalue weighted by molar-refractivity contribution is 0.488. The third kappa shape index (κ3) is 13.1. The lowest BCUT2D eigenvalue weighted by Crippen LogP contribution is -2.13. The minimum Gasteiger partial charge on any atom is -0.456 e. The van der Waals surface area contributed by atoms with Crippen LogP contribution in [0.3, 0.4) is 0 Å². The lowest BCUT2D eigenvalue weighted by atomic mass is 9.85. The molecular weight excluding hydrogens is 1620 g/mol. The van der Waals surface area contributed by atoms with Crippen LogP contribution in [0.2, 0.25) is 0 Å². The highest BCUT2D eigenvalue weighted by Gasteiger charge is 2.34. The Morgan fingerprint density at radius 3 is 1.53 bits per heavy atom. The molecule has 0 amide bonds. The maximum Gasteiger partial charge on any atom is 0.138 e. The Hall–Kier alpha value is -17.0. The summed E-state index contributed by atoms with van der Waals surface area (Å²) in [6.45, 7) is 4.21. The maximum absolute atomic E-state index is 7.01. The summed E-state index contributed by atoms with van der Waals surface area (Å²) < 4.78 is 12.9. The van der Waals surface area contributed by atoms with Crippen molar-refractivity contribution in [2.75, 3.05) is 9.80 Å². The molecule has 132 heavy (non-hydrogen) atoms. The van der Waals surface area contributed by atoms with E-state index in [4.69, 9.17) is 14.7 Å². The summed E-state index contributed by atoms with van der Waals surface area (Å²) in [5.41, 5.74) is 37.6. The number of ether oxygens (including phenoxy) is 1. The Morgan fingerprint density at radius 1 is 0.258 bits per heavy atom. The summed E-state index contributed by atoms with van der Waals surface area (Å²) in [5, 5.41) is 14.5. The molecule has 8 heteroatoms. The van der Waals surface area contributed by atoms with Gasteiger partial charge >= 0.3 is 0 Å². The van der Waals surface area contributed by atoms with Crippen molar-refractivity contribution in [2.45, 2.75) is 13.8 Å². The number of fused-ring (bicyclic) bond motifs is 23. The smallest absolute Gasteiger partial charge is 0.138 e. The van der Waals surface area contributed by atoms with E-state index < -0.39 is 0 Å². The zero-order valence-corrected chi connectivity index (χ0v) is 73.2. The largest absolute Gasteiger partial charge is 0.456 e. The fourth-order valence-electron chi connectivity index (χ4n) is 20.8. The standard InChI is InChI=1S/C46H28OS.C41H27N3.C37H27N3/c1-2-11-29(12-3-1)34-22-23-38(36-17-7-6-16-35(34)36)42-28-44-45(40-25-26-48-46(40)42)39-19-9-8-18-37(39)41-27-31(21-24-43(41)47-44)33-20-10-14-30-13-4-5-15-32(30)33;1-3-13-28(14-4-1)40-34-23-24-43(30-16-5-2-6-17-30)39(34)26-35-32-18-8-11-21-37(32)44(38-22-12-9-19-33(38)41(35)40)31-25-29-15-7-10-20-36(29)42-27-31;1-24-20-25(2)38-37(21-24)40-34-15-7-5-13-29(34)31-22-27-18-19-39(33-17-9-11-26-10-3-4-12-28(26)33)36(27)23-32(31)30-14-6-8-16-35(30)40/h1-28H;1-27H;3-23H,1-2H3. The number of benzene rings is 19. The summed E-state index contributed by atoms with van der Waals surface area (Å²) in [6, 6.07) is 157. The number of hydrogen-bond donors (Lipinski definition) is 0. The first-order chi connectivity index (χ1) is 65.3. The minimum atomic E-state index is 0.870. The van der Waals surface area contributed by atoms with Crippen molar-refractivity contribution in [3.8, 4) is 134 Å². The maximum atomic E-state index is 7.01. The summed E-state index contributed by atoms with van der Waals surface area (Å²) >= 11 is 1.80. The van der Waals surface area contributed by atoms with Crippen LogP contribution in [0.4, 0.5) is 34.3 Å². The Kier molecular flexibility index (Phi) is 18.8. The molecule has 0 spiro atoms. The van der Waals surface area contributed by atoms with Crippen LogP contribution >= 0.6 is 11.3 Å². The van der Waals surface area contributed by atoms with Crippen LogP contribution in [0.1, 0.15) is 11.3 Å². The van der Waals surface area contributed by atoms with Crippen LogP contribution in [0, 0.1) is 13.8 Å². The Balaban J connectivity index is 0.000000107. The monoisotopic (exact) mass is 1700 g/mol. The highest BCUT2D eigenvalue weighted by Crippen LogP contribution is 2.59. The molecule has 3 aliphatic heterocycles. The molecule has 7 nitrogen and oxygen atoms in total. The molecule has 0 saturated carbocycles. The average Bonchev–Trinajstić information content (AvgIpc) is 1.56. The van der Waals surface area contributed by atoms with Crippen LogP contribution in [0.15, 0.2) is 461 Å². The van der Waals surface area contributed by atoms with Crippen molar-refractivity contribution >= 4 is 121 Å². The van der Waals surface area contributed by atoms with E-state index >= 15 is 0 Å². The number of rotatable bonds is 8. The van der Waals surface area contributed by atoms with Gasteiger partial charge in [-0.1, -0.05) is 315 Å². The highest BCUT2D eigenvalue weighted by molar-refractivity contribution is 7.18. The molecule has 24 aromatic rings.